The molecule has 0 saturated carbocycles. The minimum absolute atomic E-state index is 0.217. The first kappa shape index (κ1) is 24.2. The number of anilines is 3. The fourth-order valence-corrected chi connectivity index (χ4v) is 4.63. The Morgan fingerprint density at radius 1 is 1.14 bits per heavy atom. The Bertz CT molecular complexity index is 1220. The van der Waals surface area contributed by atoms with Gasteiger partial charge in [0.05, 0.1) is 31.5 Å². The summed E-state index contributed by atoms with van der Waals surface area (Å²) in [4.78, 5) is 26.4. The molecule has 2 amide bonds. The van der Waals surface area contributed by atoms with Crippen molar-refractivity contribution in [2.24, 2.45) is 0 Å². The monoisotopic (exact) mass is 508 g/mol. The molecule has 0 bridgehead atoms. The minimum Gasteiger partial charge on any atom is -0.377 e. The van der Waals surface area contributed by atoms with E-state index >= 15 is 0 Å². The summed E-state index contributed by atoms with van der Waals surface area (Å²) in [5.74, 6) is 2.39. The van der Waals surface area contributed by atoms with Gasteiger partial charge in [0.15, 0.2) is 16.8 Å². The number of nitrogens with zero attached hydrogens (tertiary/aromatic N) is 6. The number of halogens is 1. The van der Waals surface area contributed by atoms with Crippen LogP contribution in [0.1, 0.15) is 25.1 Å². The summed E-state index contributed by atoms with van der Waals surface area (Å²) < 4.78 is 5.68. The molecule has 5 rings (SSSR count). The molecule has 0 radical (unpaired) electrons. The zero-order chi connectivity index (χ0) is 25.1. The second kappa shape index (κ2) is 10.6. The first-order valence-corrected chi connectivity index (χ1v) is 12.5. The Hall–Kier alpha value is -3.50. The quantitative estimate of drug-likeness (QED) is 0.539. The van der Waals surface area contributed by atoms with Gasteiger partial charge < -0.3 is 25.2 Å². The zero-order valence-corrected chi connectivity index (χ0v) is 21.1. The van der Waals surface area contributed by atoms with Crippen LogP contribution in [-0.4, -0.2) is 65.1 Å². The molecule has 11 heteroatoms. The van der Waals surface area contributed by atoms with Crippen LogP contribution in [-0.2, 0) is 17.7 Å². The number of urea groups is 1. The van der Waals surface area contributed by atoms with Crippen LogP contribution in [0.25, 0.3) is 11.4 Å². The lowest BCUT2D eigenvalue weighted by molar-refractivity contribution is 0.0984. The molecule has 10 nitrogen and oxygen atoms in total. The number of carbonyl (C=O) groups is 1. The van der Waals surface area contributed by atoms with Crippen molar-refractivity contribution < 1.29 is 9.53 Å². The highest BCUT2D eigenvalue weighted by Gasteiger charge is 2.29. The van der Waals surface area contributed by atoms with Gasteiger partial charge in [0.25, 0.3) is 0 Å². The lowest BCUT2D eigenvalue weighted by Crippen LogP contribution is -2.45. The van der Waals surface area contributed by atoms with Crippen molar-refractivity contribution in [1.29, 1.82) is 0 Å². The summed E-state index contributed by atoms with van der Waals surface area (Å²) in [5, 5.41) is 14.2. The van der Waals surface area contributed by atoms with Gasteiger partial charge in [-0.3, -0.25) is 0 Å². The highest BCUT2D eigenvalue weighted by Crippen LogP contribution is 2.32. The second-order valence-corrected chi connectivity index (χ2v) is 9.25. The van der Waals surface area contributed by atoms with Gasteiger partial charge >= 0.3 is 6.03 Å². The van der Waals surface area contributed by atoms with Gasteiger partial charge in [0.1, 0.15) is 5.82 Å². The maximum Gasteiger partial charge on any atom is 0.319 e. The second-order valence-electron chi connectivity index (χ2n) is 8.86. The minimum atomic E-state index is -0.232. The first-order valence-electron chi connectivity index (χ1n) is 12.2. The Kier molecular flexibility index (Phi) is 7.15. The van der Waals surface area contributed by atoms with Crippen molar-refractivity contribution in [1.82, 2.24) is 25.5 Å². The van der Waals surface area contributed by atoms with E-state index in [4.69, 9.17) is 26.3 Å². The van der Waals surface area contributed by atoms with Crippen molar-refractivity contribution in [2.45, 2.75) is 32.9 Å². The third kappa shape index (κ3) is 5.19. The smallest absolute Gasteiger partial charge is 0.319 e. The summed E-state index contributed by atoms with van der Waals surface area (Å²) in [6, 6.07) is 11.2. The van der Waals surface area contributed by atoms with E-state index in [1.165, 1.54) is 5.56 Å². The first-order chi connectivity index (χ1) is 17.5. The average molecular weight is 509 g/mol. The van der Waals surface area contributed by atoms with Crippen LogP contribution in [0, 0.1) is 0 Å². The molecule has 2 aliphatic heterocycles. The lowest BCUT2D eigenvalue weighted by Gasteiger charge is -2.38. The molecular weight excluding hydrogens is 480 g/mol. The highest BCUT2D eigenvalue weighted by molar-refractivity contribution is 6.29. The number of rotatable bonds is 5. The van der Waals surface area contributed by atoms with Crippen LogP contribution in [0.3, 0.4) is 0 Å². The lowest BCUT2D eigenvalue weighted by atomic mass is 10.0. The van der Waals surface area contributed by atoms with Crippen LogP contribution in [0.2, 0.25) is 5.15 Å². The number of hydrogen-bond acceptors (Lipinski definition) is 8. The van der Waals surface area contributed by atoms with Crippen LogP contribution in [0.4, 0.5) is 22.1 Å². The molecule has 4 heterocycles. The number of fused-ring (bicyclic) bond motifs is 1. The number of ether oxygens (including phenoxy) is 1. The van der Waals surface area contributed by atoms with E-state index in [2.05, 4.69) is 37.6 Å². The SMILES string of the molecule is CCNC(=O)Nc1ccc(-c2nc3c(c(N4CCOC[C@@H]4C)n2)CCN(c2ccc(Cl)nn2)C3)cc1. The van der Waals surface area contributed by atoms with E-state index in [9.17, 15) is 4.79 Å². The Balaban J connectivity index is 1.49. The Morgan fingerprint density at radius 2 is 1.97 bits per heavy atom. The van der Waals surface area contributed by atoms with Crippen LogP contribution in [0.15, 0.2) is 36.4 Å². The number of aromatic nitrogens is 4. The molecule has 1 saturated heterocycles. The van der Waals surface area contributed by atoms with E-state index in [1.807, 2.05) is 37.3 Å². The summed E-state index contributed by atoms with van der Waals surface area (Å²) in [5.41, 5.74) is 3.73. The third-order valence-corrected chi connectivity index (χ3v) is 6.56. The van der Waals surface area contributed by atoms with E-state index in [0.717, 1.165) is 42.4 Å². The molecule has 1 aromatic carbocycles. The zero-order valence-electron chi connectivity index (χ0n) is 20.4. The van der Waals surface area contributed by atoms with E-state index in [0.29, 0.717) is 43.0 Å². The van der Waals surface area contributed by atoms with Crippen molar-refractivity contribution in [3.8, 4) is 11.4 Å². The van der Waals surface area contributed by atoms with Crippen molar-refractivity contribution in [2.75, 3.05) is 48.0 Å². The van der Waals surface area contributed by atoms with Crippen LogP contribution >= 0.6 is 11.6 Å². The Labute approximate surface area is 215 Å². The maximum atomic E-state index is 11.9. The molecule has 0 unspecified atom stereocenters. The van der Waals surface area contributed by atoms with Gasteiger partial charge in [-0.25, -0.2) is 14.8 Å². The number of nitrogens with one attached hydrogen (secondary N) is 2. The van der Waals surface area contributed by atoms with Gasteiger partial charge in [-0.2, -0.15) is 0 Å². The van der Waals surface area contributed by atoms with E-state index in [-0.39, 0.29) is 12.1 Å². The van der Waals surface area contributed by atoms with Gasteiger partial charge in [-0.1, -0.05) is 11.6 Å². The molecule has 2 aliphatic rings. The number of hydrogen-bond donors (Lipinski definition) is 2. The summed E-state index contributed by atoms with van der Waals surface area (Å²) in [7, 11) is 0. The highest BCUT2D eigenvalue weighted by atomic mass is 35.5. The van der Waals surface area contributed by atoms with E-state index in [1.54, 1.807) is 6.07 Å². The predicted octanol–water partition coefficient (Wildman–Crippen LogP) is 3.52. The van der Waals surface area contributed by atoms with Crippen molar-refractivity contribution >= 4 is 35.0 Å². The van der Waals surface area contributed by atoms with Crippen LogP contribution in [0.5, 0.6) is 0 Å². The third-order valence-electron chi connectivity index (χ3n) is 6.36. The standard InChI is InChI=1S/C25H29ClN8O2/c1-3-27-25(35)28-18-6-4-17(5-7-18)23-29-20-14-33(22-9-8-21(26)31-32-22)11-10-19(20)24(30-23)34-12-13-36-15-16(34)2/h4-9,16H,3,10-15H2,1-2H3,(H2,27,28,35)/t16-/m0/s1. The molecule has 0 spiro atoms. The summed E-state index contributed by atoms with van der Waals surface area (Å²) in [6.07, 6.45) is 0.800. The summed E-state index contributed by atoms with van der Waals surface area (Å²) in [6.45, 7) is 8.12. The molecule has 0 aliphatic carbocycles. The fraction of sp³-hybridized carbons (Fsp3) is 0.400. The van der Waals surface area contributed by atoms with Crippen LogP contribution < -0.4 is 20.4 Å². The average Bonchev–Trinajstić information content (AvgIpc) is 2.89. The molecule has 1 atom stereocenters. The van der Waals surface area contributed by atoms with Gasteiger partial charge in [0, 0.05) is 36.4 Å². The molecule has 188 valence electrons. The molecule has 2 N–H and O–H groups in total. The maximum absolute atomic E-state index is 11.9. The van der Waals surface area contributed by atoms with Gasteiger partial charge in [0.2, 0.25) is 0 Å². The summed E-state index contributed by atoms with van der Waals surface area (Å²) >= 11 is 5.94. The van der Waals surface area contributed by atoms with E-state index < -0.39 is 0 Å². The van der Waals surface area contributed by atoms with Crippen molar-refractivity contribution in [3.63, 3.8) is 0 Å². The predicted molar refractivity (Wildman–Crippen MR) is 140 cm³/mol. The Morgan fingerprint density at radius 3 is 2.69 bits per heavy atom. The largest absolute Gasteiger partial charge is 0.377 e. The number of carbonyl (C=O) groups excluding carboxylic acids is 1. The van der Waals surface area contributed by atoms with Crippen molar-refractivity contribution in [3.05, 3.63) is 52.8 Å². The topological polar surface area (TPSA) is 108 Å². The normalized spacial score (nSPS) is 17.5. The molecule has 2 aromatic heterocycles. The number of benzene rings is 1. The molecule has 1 fully saturated rings. The molecule has 3 aromatic rings. The number of morpholine rings is 1. The molecular formula is C25H29ClN8O2. The fourth-order valence-electron chi connectivity index (χ4n) is 4.53. The van der Waals surface area contributed by atoms with Gasteiger partial charge in [-0.05, 0) is 56.7 Å². The molecule has 36 heavy (non-hydrogen) atoms. The number of amides is 2. The van der Waals surface area contributed by atoms with Gasteiger partial charge in [-0.15, -0.1) is 10.2 Å².